The van der Waals surface area contributed by atoms with Crippen LogP contribution in [0.1, 0.15) is 43.7 Å². The smallest absolute Gasteiger partial charge is 0.224 e. The van der Waals surface area contributed by atoms with Gasteiger partial charge in [-0.15, -0.1) is 0 Å². The van der Waals surface area contributed by atoms with E-state index in [1.54, 1.807) is 0 Å². The lowest BCUT2D eigenvalue weighted by molar-refractivity contribution is -0.124. The summed E-state index contributed by atoms with van der Waals surface area (Å²) in [5.74, 6) is 0.934. The zero-order chi connectivity index (χ0) is 13.7. The molecule has 2 N–H and O–H groups in total. The van der Waals surface area contributed by atoms with Crippen molar-refractivity contribution in [1.82, 2.24) is 10.6 Å². The minimum absolute atomic E-state index is 0.152. The highest BCUT2D eigenvalue weighted by atomic mass is 16.1. The van der Waals surface area contributed by atoms with Crippen LogP contribution < -0.4 is 10.6 Å². The first-order chi connectivity index (χ1) is 9.20. The molecule has 1 aromatic rings. The Balaban J connectivity index is 1.84. The Morgan fingerprint density at radius 2 is 2.16 bits per heavy atom. The molecular weight excluding hydrogens is 236 g/mol. The van der Waals surface area contributed by atoms with Crippen molar-refractivity contribution in [3.63, 3.8) is 0 Å². The number of hydrogen-bond donors (Lipinski definition) is 2. The predicted octanol–water partition coefficient (Wildman–Crippen LogP) is 2.43. The van der Waals surface area contributed by atoms with Gasteiger partial charge in [0.05, 0.1) is 5.92 Å². The van der Waals surface area contributed by atoms with Gasteiger partial charge in [0.25, 0.3) is 0 Å². The molecule has 2 rings (SSSR count). The molecule has 1 fully saturated rings. The summed E-state index contributed by atoms with van der Waals surface area (Å²) in [4.78, 5) is 11.9. The zero-order valence-electron chi connectivity index (χ0n) is 11.9. The van der Waals surface area contributed by atoms with Gasteiger partial charge in [-0.3, -0.25) is 4.79 Å². The number of benzene rings is 1. The summed E-state index contributed by atoms with van der Waals surface area (Å²) >= 11 is 0. The van der Waals surface area contributed by atoms with E-state index in [-0.39, 0.29) is 11.8 Å². The molecule has 2 atom stereocenters. The summed E-state index contributed by atoms with van der Waals surface area (Å²) < 4.78 is 0. The van der Waals surface area contributed by atoms with Crippen LogP contribution in [-0.2, 0) is 11.3 Å². The summed E-state index contributed by atoms with van der Waals surface area (Å²) in [6.07, 6.45) is 2.11. The molecule has 0 aromatic heterocycles. The first-order valence-electron chi connectivity index (χ1n) is 7.28. The van der Waals surface area contributed by atoms with Crippen LogP contribution in [0.15, 0.2) is 24.3 Å². The van der Waals surface area contributed by atoms with Gasteiger partial charge in [0.15, 0.2) is 0 Å². The first-order valence-corrected chi connectivity index (χ1v) is 7.28. The molecule has 3 heteroatoms. The van der Waals surface area contributed by atoms with Crippen molar-refractivity contribution in [1.29, 1.82) is 0 Å². The highest BCUT2D eigenvalue weighted by Gasteiger charge is 2.21. The molecule has 0 saturated carbocycles. The van der Waals surface area contributed by atoms with Gasteiger partial charge in [-0.1, -0.05) is 38.1 Å². The van der Waals surface area contributed by atoms with Crippen LogP contribution in [0, 0.1) is 5.92 Å². The fourth-order valence-corrected chi connectivity index (χ4v) is 2.41. The minimum atomic E-state index is 0.152. The van der Waals surface area contributed by atoms with E-state index < -0.39 is 0 Å². The van der Waals surface area contributed by atoms with Gasteiger partial charge in [-0.2, -0.15) is 0 Å². The van der Waals surface area contributed by atoms with Crippen LogP contribution in [0.4, 0.5) is 0 Å². The van der Waals surface area contributed by atoms with Gasteiger partial charge in [0.2, 0.25) is 5.91 Å². The molecule has 1 aliphatic rings. The van der Waals surface area contributed by atoms with Crippen molar-refractivity contribution < 1.29 is 4.79 Å². The average molecular weight is 260 g/mol. The summed E-state index contributed by atoms with van der Waals surface area (Å²) in [7, 11) is 0. The second-order valence-electron chi connectivity index (χ2n) is 5.46. The van der Waals surface area contributed by atoms with Crippen LogP contribution in [0.2, 0.25) is 0 Å². The molecule has 0 bridgehead atoms. The number of rotatable bonds is 5. The third kappa shape index (κ3) is 3.80. The third-order valence-electron chi connectivity index (χ3n) is 4.06. The molecule has 104 valence electrons. The summed E-state index contributed by atoms with van der Waals surface area (Å²) in [5, 5.41) is 6.24. The van der Waals surface area contributed by atoms with Gasteiger partial charge in [0, 0.05) is 13.1 Å². The lowest BCUT2D eigenvalue weighted by atomic mass is 9.97. The predicted molar refractivity (Wildman–Crippen MR) is 78.0 cm³/mol. The van der Waals surface area contributed by atoms with Crippen molar-refractivity contribution in [3.05, 3.63) is 35.4 Å². The quantitative estimate of drug-likeness (QED) is 0.853. The molecule has 2 unspecified atom stereocenters. The van der Waals surface area contributed by atoms with Gasteiger partial charge < -0.3 is 10.6 Å². The van der Waals surface area contributed by atoms with Crippen LogP contribution in [0.5, 0.6) is 0 Å². The van der Waals surface area contributed by atoms with Crippen molar-refractivity contribution in [2.75, 3.05) is 13.1 Å². The van der Waals surface area contributed by atoms with Gasteiger partial charge in [0.1, 0.15) is 0 Å². The molecule has 1 aliphatic heterocycles. The number of nitrogens with one attached hydrogen (secondary N) is 2. The van der Waals surface area contributed by atoms with Crippen LogP contribution in [-0.4, -0.2) is 19.0 Å². The van der Waals surface area contributed by atoms with E-state index in [1.165, 1.54) is 11.1 Å². The van der Waals surface area contributed by atoms with Crippen LogP contribution in [0.3, 0.4) is 0 Å². The highest BCUT2D eigenvalue weighted by Crippen LogP contribution is 2.18. The molecule has 1 heterocycles. The number of carbonyl (C=O) groups is 1. The number of hydrogen-bond acceptors (Lipinski definition) is 2. The van der Waals surface area contributed by atoms with E-state index >= 15 is 0 Å². The molecule has 3 nitrogen and oxygen atoms in total. The van der Waals surface area contributed by atoms with E-state index in [0.717, 1.165) is 25.9 Å². The fraction of sp³-hybridized carbons (Fsp3) is 0.562. The normalized spacial score (nSPS) is 20.2. The monoisotopic (exact) mass is 260 g/mol. The Labute approximate surface area is 115 Å². The van der Waals surface area contributed by atoms with E-state index in [1.807, 2.05) is 0 Å². The molecule has 0 aliphatic carbocycles. The maximum Gasteiger partial charge on any atom is 0.224 e. The van der Waals surface area contributed by atoms with E-state index in [4.69, 9.17) is 0 Å². The van der Waals surface area contributed by atoms with Gasteiger partial charge in [-0.05, 0) is 36.4 Å². The third-order valence-corrected chi connectivity index (χ3v) is 4.06. The second-order valence-corrected chi connectivity index (χ2v) is 5.46. The standard InChI is InChI=1S/C16H24N2O/c1-3-12(2)14-6-4-13(5-7-14)10-18-16(19)15-8-9-17-11-15/h4-7,12,15,17H,3,8-11H2,1-2H3,(H,18,19). The topological polar surface area (TPSA) is 41.1 Å². The zero-order valence-corrected chi connectivity index (χ0v) is 11.9. The van der Waals surface area contributed by atoms with Gasteiger partial charge in [-0.25, -0.2) is 0 Å². The van der Waals surface area contributed by atoms with E-state index in [2.05, 4.69) is 48.7 Å². The number of amides is 1. The minimum Gasteiger partial charge on any atom is -0.352 e. The Morgan fingerprint density at radius 3 is 2.74 bits per heavy atom. The average Bonchev–Trinajstić information content (AvgIpc) is 2.98. The number of carbonyl (C=O) groups excluding carboxylic acids is 1. The van der Waals surface area contributed by atoms with Crippen molar-refractivity contribution in [2.24, 2.45) is 5.92 Å². The SMILES string of the molecule is CCC(C)c1ccc(CNC(=O)C2CCNC2)cc1. The van der Waals surface area contributed by atoms with Crippen molar-refractivity contribution >= 4 is 5.91 Å². The highest BCUT2D eigenvalue weighted by molar-refractivity contribution is 5.79. The Hall–Kier alpha value is -1.35. The second kappa shape index (κ2) is 6.71. The Kier molecular flexibility index (Phi) is 4.97. The molecule has 1 amide bonds. The molecule has 0 radical (unpaired) electrons. The van der Waals surface area contributed by atoms with Crippen LogP contribution in [0.25, 0.3) is 0 Å². The van der Waals surface area contributed by atoms with Gasteiger partial charge >= 0.3 is 0 Å². The lowest BCUT2D eigenvalue weighted by Gasteiger charge is -2.12. The molecular formula is C16H24N2O. The summed E-state index contributed by atoms with van der Waals surface area (Å²) in [6, 6.07) is 8.59. The molecule has 1 saturated heterocycles. The van der Waals surface area contributed by atoms with Crippen molar-refractivity contribution in [2.45, 2.75) is 39.2 Å². The molecule has 1 aromatic carbocycles. The Bertz CT molecular complexity index is 407. The van der Waals surface area contributed by atoms with Crippen molar-refractivity contribution in [3.8, 4) is 0 Å². The maximum absolute atomic E-state index is 11.9. The van der Waals surface area contributed by atoms with E-state index in [9.17, 15) is 4.79 Å². The Morgan fingerprint density at radius 1 is 1.42 bits per heavy atom. The summed E-state index contributed by atoms with van der Waals surface area (Å²) in [5.41, 5.74) is 2.55. The van der Waals surface area contributed by atoms with Crippen LogP contribution >= 0.6 is 0 Å². The lowest BCUT2D eigenvalue weighted by Crippen LogP contribution is -2.31. The summed E-state index contributed by atoms with van der Waals surface area (Å²) in [6.45, 7) is 6.86. The molecule has 19 heavy (non-hydrogen) atoms. The fourth-order valence-electron chi connectivity index (χ4n) is 2.41. The first kappa shape index (κ1) is 14.1. The largest absolute Gasteiger partial charge is 0.352 e. The molecule has 0 spiro atoms. The maximum atomic E-state index is 11.9. The van der Waals surface area contributed by atoms with E-state index in [0.29, 0.717) is 12.5 Å².